The molecule has 1 aliphatic carbocycles. The fourth-order valence-corrected chi connectivity index (χ4v) is 3.73. The molecule has 1 heterocycles. The quantitative estimate of drug-likeness (QED) is 0.739. The molecule has 0 aromatic heterocycles. The smallest absolute Gasteiger partial charge is 0.0411 e. The Morgan fingerprint density at radius 2 is 1.80 bits per heavy atom. The second-order valence-corrected chi connectivity index (χ2v) is 7.18. The van der Waals surface area contributed by atoms with Crippen LogP contribution in [0.25, 0.3) is 0 Å². The Morgan fingerprint density at radius 1 is 1.00 bits per heavy atom. The van der Waals surface area contributed by atoms with E-state index >= 15 is 0 Å². The van der Waals surface area contributed by atoms with E-state index in [9.17, 15) is 0 Å². The third-order valence-corrected chi connectivity index (χ3v) is 4.83. The van der Waals surface area contributed by atoms with Gasteiger partial charge in [0, 0.05) is 17.6 Å². The van der Waals surface area contributed by atoms with E-state index in [2.05, 4.69) is 68.6 Å². The molecule has 1 aliphatic heterocycles. The Balaban J connectivity index is 1.85. The highest BCUT2D eigenvalue weighted by Gasteiger charge is 2.39. The van der Waals surface area contributed by atoms with Crippen molar-refractivity contribution in [3.63, 3.8) is 0 Å². The summed E-state index contributed by atoms with van der Waals surface area (Å²) in [4.78, 5) is 0. The number of fused-ring (bicyclic) bond motifs is 5. The van der Waals surface area contributed by atoms with E-state index in [0.717, 1.165) is 6.42 Å². The SMILES string of the molecule is CC(C)(C)c1ccc2c(c1)[C@@H]1c3ccccc3N[C@@H]1C2. The lowest BCUT2D eigenvalue weighted by Gasteiger charge is -2.21. The van der Waals surface area contributed by atoms with Gasteiger partial charge in [0.1, 0.15) is 0 Å². The minimum absolute atomic E-state index is 0.221. The maximum Gasteiger partial charge on any atom is 0.0411 e. The lowest BCUT2D eigenvalue weighted by atomic mass is 9.83. The zero-order valence-corrected chi connectivity index (χ0v) is 12.4. The predicted octanol–water partition coefficient (Wildman–Crippen LogP) is 4.47. The summed E-state index contributed by atoms with van der Waals surface area (Å²) in [6, 6.07) is 16.4. The number of hydrogen-bond donors (Lipinski definition) is 1. The number of rotatable bonds is 0. The number of anilines is 1. The molecule has 0 fully saturated rings. The van der Waals surface area contributed by atoms with E-state index in [0.29, 0.717) is 12.0 Å². The van der Waals surface area contributed by atoms with Gasteiger partial charge in [-0.15, -0.1) is 0 Å². The van der Waals surface area contributed by atoms with Gasteiger partial charge in [0.25, 0.3) is 0 Å². The van der Waals surface area contributed by atoms with Crippen LogP contribution in [0.3, 0.4) is 0 Å². The molecule has 1 heteroatoms. The third kappa shape index (κ3) is 1.62. The summed E-state index contributed by atoms with van der Waals surface area (Å²) < 4.78 is 0. The molecule has 0 saturated heterocycles. The first-order valence-electron chi connectivity index (χ1n) is 7.53. The fraction of sp³-hybridized carbons (Fsp3) is 0.368. The van der Waals surface area contributed by atoms with Gasteiger partial charge in [-0.25, -0.2) is 0 Å². The minimum atomic E-state index is 0.221. The molecule has 0 radical (unpaired) electrons. The van der Waals surface area contributed by atoms with Crippen LogP contribution in [0, 0.1) is 0 Å². The largest absolute Gasteiger partial charge is 0.381 e. The van der Waals surface area contributed by atoms with Crippen LogP contribution < -0.4 is 5.32 Å². The van der Waals surface area contributed by atoms with Crippen LogP contribution in [0.5, 0.6) is 0 Å². The van der Waals surface area contributed by atoms with Crippen molar-refractivity contribution in [2.75, 3.05) is 5.32 Å². The van der Waals surface area contributed by atoms with Gasteiger partial charge >= 0.3 is 0 Å². The summed E-state index contributed by atoms with van der Waals surface area (Å²) in [6.45, 7) is 6.88. The van der Waals surface area contributed by atoms with Crippen molar-refractivity contribution >= 4 is 5.69 Å². The van der Waals surface area contributed by atoms with Gasteiger partial charge in [0.15, 0.2) is 0 Å². The van der Waals surface area contributed by atoms with Gasteiger partial charge in [0.05, 0.1) is 0 Å². The van der Waals surface area contributed by atoms with E-state index in [1.807, 2.05) is 0 Å². The maximum absolute atomic E-state index is 3.70. The highest BCUT2D eigenvalue weighted by molar-refractivity contribution is 5.66. The van der Waals surface area contributed by atoms with E-state index in [4.69, 9.17) is 0 Å². The lowest BCUT2D eigenvalue weighted by molar-refractivity contribution is 0.589. The van der Waals surface area contributed by atoms with Crippen LogP contribution in [-0.4, -0.2) is 6.04 Å². The van der Waals surface area contributed by atoms with Crippen molar-refractivity contribution in [1.29, 1.82) is 0 Å². The lowest BCUT2D eigenvalue weighted by Crippen LogP contribution is -2.17. The summed E-state index contributed by atoms with van der Waals surface area (Å²) in [6.07, 6.45) is 1.15. The molecule has 102 valence electrons. The number of benzene rings is 2. The van der Waals surface area contributed by atoms with Crippen LogP contribution in [0.4, 0.5) is 5.69 Å². The van der Waals surface area contributed by atoms with Gasteiger partial charge in [-0.05, 0) is 40.2 Å². The summed E-state index contributed by atoms with van der Waals surface area (Å²) in [5.41, 5.74) is 7.53. The topological polar surface area (TPSA) is 12.0 Å². The van der Waals surface area contributed by atoms with Gasteiger partial charge < -0.3 is 5.32 Å². The Labute approximate surface area is 121 Å². The van der Waals surface area contributed by atoms with Crippen molar-refractivity contribution in [3.8, 4) is 0 Å². The fourth-order valence-electron chi connectivity index (χ4n) is 3.73. The summed E-state index contributed by atoms with van der Waals surface area (Å²) in [7, 11) is 0. The molecule has 0 saturated carbocycles. The molecule has 0 bridgehead atoms. The third-order valence-electron chi connectivity index (χ3n) is 4.83. The van der Waals surface area contributed by atoms with Crippen LogP contribution in [0.2, 0.25) is 0 Å². The molecular weight excluding hydrogens is 242 g/mol. The van der Waals surface area contributed by atoms with E-state index in [1.54, 1.807) is 5.56 Å². The van der Waals surface area contributed by atoms with Crippen LogP contribution in [-0.2, 0) is 11.8 Å². The highest BCUT2D eigenvalue weighted by Crippen LogP contribution is 2.47. The standard InChI is InChI=1S/C19H21N/c1-19(2,3)13-9-8-12-10-17-18(15(12)11-13)14-6-4-5-7-16(14)20-17/h4-9,11,17-18,20H,10H2,1-3H3/t17-,18+/m1/s1. The van der Waals surface area contributed by atoms with Gasteiger partial charge in [-0.3, -0.25) is 0 Å². The molecule has 4 rings (SSSR count). The van der Waals surface area contributed by atoms with Crippen molar-refractivity contribution in [1.82, 2.24) is 0 Å². The first-order chi connectivity index (χ1) is 9.54. The number of para-hydroxylation sites is 1. The summed E-state index contributed by atoms with van der Waals surface area (Å²) in [5.74, 6) is 0.545. The van der Waals surface area contributed by atoms with Gasteiger partial charge in [-0.1, -0.05) is 57.2 Å². The monoisotopic (exact) mass is 263 g/mol. The zero-order chi connectivity index (χ0) is 13.9. The van der Waals surface area contributed by atoms with E-state index in [1.165, 1.54) is 22.4 Å². The molecule has 20 heavy (non-hydrogen) atoms. The number of nitrogens with one attached hydrogen (secondary N) is 1. The maximum atomic E-state index is 3.70. The molecular formula is C19H21N. The van der Waals surface area contributed by atoms with Crippen LogP contribution in [0.15, 0.2) is 42.5 Å². The first kappa shape index (κ1) is 12.0. The average Bonchev–Trinajstić information content (AvgIpc) is 2.91. The van der Waals surface area contributed by atoms with Crippen molar-refractivity contribution in [2.24, 2.45) is 0 Å². The highest BCUT2D eigenvalue weighted by atomic mass is 15.0. The van der Waals surface area contributed by atoms with Gasteiger partial charge in [0.2, 0.25) is 0 Å². The predicted molar refractivity (Wildman–Crippen MR) is 84.5 cm³/mol. The molecule has 0 spiro atoms. The normalized spacial score (nSPS) is 22.9. The Morgan fingerprint density at radius 3 is 2.60 bits per heavy atom. The Bertz CT molecular complexity index is 678. The van der Waals surface area contributed by atoms with Crippen LogP contribution in [0.1, 0.15) is 48.9 Å². The average molecular weight is 263 g/mol. The molecule has 2 aromatic rings. The molecule has 2 aromatic carbocycles. The first-order valence-corrected chi connectivity index (χ1v) is 7.53. The van der Waals surface area contributed by atoms with Crippen LogP contribution >= 0.6 is 0 Å². The summed E-state index contributed by atoms with van der Waals surface area (Å²) >= 11 is 0. The second kappa shape index (κ2) is 3.88. The Kier molecular flexibility index (Phi) is 2.33. The zero-order valence-electron chi connectivity index (χ0n) is 12.4. The van der Waals surface area contributed by atoms with Crippen molar-refractivity contribution in [2.45, 2.75) is 44.6 Å². The summed E-state index contributed by atoms with van der Waals surface area (Å²) in [5, 5.41) is 3.70. The molecule has 0 amide bonds. The van der Waals surface area contributed by atoms with Crippen molar-refractivity contribution < 1.29 is 0 Å². The molecule has 2 atom stereocenters. The molecule has 0 unspecified atom stereocenters. The molecule has 1 N–H and O–H groups in total. The Hall–Kier alpha value is -1.76. The second-order valence-electron chi connectivity index (χ2n) is 7.18. The van der Waals surface area contributed by atoms with E-state index in [-0.39, 0.29) is 5.41 Å². The number of hydrogen-bond acceptors (Lipinski definition) is 1. The van der Waals surface area contributed by atoms with Crippen molar-refractivity contribution in [3.05, 3.63) is 64.7 Å². The molecule has 1 nitrogen and oxygen atoms in total. The minimum Gasteiger partial charge on any atom is -0.381 e. The van der Waals surface area contributed by atoms with E-state index < -0.39 is 0 Å². The molecule has 2 aliphatic rings. The van der Waals surface area contributed by atoms with Gasteiger partial charge in [-0.2, -0.15) is 0 Å².